The van der Waals surface area contributed by atoms with Crippen LogP contribution in [-0.4, -0.2) is 10.1 Å². The van der Waals surface area contributed by atoms with Crippen LogP contribution in [0.5, 0.6) is 0 Å². The van der Waals surface area contributed by atoms with Crippen molar-refractivity contribution in [3.63, 3.8) is 0 Å². The van der Waals surface area contributed by atoms with Gasteiger partial charge < -0.3 is 4.52 Å². The molecule has 0 saturated heterocycles. The molecule has 1 aromatic heterocycles. The maximum atomic E-state index is 13.5. The van der Waals surface area contributed by atoms with Gasteiger partial charge in [-0.3, -0.25) is 0 Å². The quantitative estimate of drug-likeness (QED) is 0.630. The van der Waals surface area contributed by atoms with E-state index in [0.29, 0.717) is 32.9 Å². The zero-order valence-corrected chi connectivity index (χ0v) is 12.7. The number of benzene rings is 2. The lowest BCUT2D eigenvalue weighted by atomic mass is 10.2. The van der Waals surface area contributed by atoms with Gasteiger partial charge in [0.2, 0.25) is 0 Å². The maximum absolute atomic E-state index is 13.5. The first-order chi connectivity index (χ1) is 10.6. The van der Waals surface area contributed by atoms with Crippen molar-refractivity contribution in [2.75, 3.05) is 0 Å². The molecule has 7 heteroatoms. The number of hydrogen-bond donors (Lipinski definition) is 0. The van der Waals surface area contributed by atoms with Gasteiger partial charge in [-0.1, -0.05) is 28.9 Å². The molecule has 3 aromatic rings. The summed E-state index contributed by atoms with van der Waals surface area (Å²) in [4.78, 5) is 4.55. The van der Waals surface area contributed by atoms with E-state index in [9.17, 15) is 8.78 Å². The molecule has 22 heavy (non-hydrogen) atoms. The average Bonchev–Trinajstić information content (AvgIpc) is 2.95. The van der Waals surface area contributed by atoms with Gasteiger partial charge in [-0.15, -0.1) is 11.8 Å². The topological polar surface area (TPSA) is 38.9 Å². The molecule has 0 fully saturated rings. The van der Waals surface area contributed by atoms with Crippen LogP contribution >= 0.6 is 23.4 Å². The minimum absolute atomic E-state index is 0.302. The van der Waals surface area contributed by atoms with Crippen molar-refractivity contribution in [3.05, 3.63) is 64.9 Å². The largest absolute Gasteiger partial charge is 0.334 e. The second kappa shape index (κ2) is 6.46. The van der Waals surface area contributed by atoms with Crippen molar-refractivity contribution in [2.45, 2.75) is 10.6 Å². The zero-order chi connectivity index (χ0) is 15.5. The van der Waals surface area contributed by atoms with Crippen LogP contribution in [0.4, 0.5) is 8.78 Å². The van der Waals surface area contributed by atoms with E-state index < -0.39 is 11.6 Å². The van der Waals surface area contributed by atoms with Crippen molar-refractivity contribution in [3.8, 4) is 11.5 Å². The summed E-state index contributed by atoms with van der Waals surface area (Å²) in [5.74, 6) is -0.206. The molecule has 3 nitrogen and oxygen atoms in total. The zero-order valence-electron chi connectivity index (χ0n) is 11.1. The lowest BCUT2D eigenvalue weighted by Gasteiger charge is -2.00. The molecule has 3 rings (SSSR count). The highest BCUT2D eigenvalue weighted by Crippen LogP contribution is 2.28. The van der Waals surface area contributed by atoms with E-state index in [4.69, 9.17) is 16.1 Å². The molecule has 0 spiro atoms. The van der Waals surface area contributed by atoms with Gasteiger partial charge in [0.25, 0.3) is 5.89 Å². The SMILES string of the molecule is Fc1ccc(SCc2noc(-c3ccccc3Cl)n2)c(F)c1. The molecular formula is C15H9ClF2N2OS. The van der Waals surface area contributed by atoms with E-state index in [1.165, 1.54) is 12.1 Å². The van der Waals surface area contributed by atoms with Crippen LogP contribution < -0.4 is 0 Å². The van der Waals surface area contributed by atoms with E-state index in [0.717, 1.165) is 17.8 Å². The first kappa shape index (κ1) is 15.0. The molecule has 0 aliphatic rings. The summed E-state index contributed by atoms with van der Waals surface area (Å²) in [6.07, 6.45) is 0. The van der Waals surface area contributed by atoms with Crippen LogP contribution in [0.25, 0.3) is 11.5 Å². The van der Waals surface area contributed by atoms with Gasteiger partial charge in [0.15, 0.2) is 5.82 Å². The van der Waals surface area contributed by atoms with Gasteiger partial charge in [-0.25, -0.2) is 8.78 Å². The van der Waals surface area contributed by atoms with Crippen LogP contribution in [0.15, 0.2) is 51.9 Å². The number of nitrogens with zero attached hydrogens (tertiary/aromatic N) is 2. The van der Waals surface area contributed by atoms with E-state index in [2.05, 4.69) is 10.1 Å². The number of thioether (sulfide) groups is 1. The summed E-state index contributed by atoms with van der Waals surface area (Å²) in [5, 5.41) is 4.34. The van der Waals surface area contributed by atoms with Crippen LogP contribution in [0.3, 0.4) is 0 Å². The monoisotopic (exact) mass is 338 g/mol. The fourth-order valence-corrected chi connectivity index (χ4v) is 2.77. The lowest BCUT2D eigenvalue weighted by Crippen LogP contribution is -1.88. The van der Waals surface area contributed by atoms with E-state index in [1.807, 2.05) is 6.07 Å². The first-order valence-corrected chi connectivity index (χ1v) is 7.65. The average molecular weight is 339 g/mol. The molecule has 0 atom stereocenters. The van der Waals surface area contributed by atoms with Crippen LogP contribution in [-0.2, 0) is 5.75 Å². The Hall–Kier alpha value is -1.92. The van der Waals surface area contributed by atoms with Crippen LogP contribution in [0.1, 0.15) is 5.82 Å². The summed E-state index contributed by atoms with van der Waals surface area (Å²) < 4.78 is 31.5. The standard InChI is InChI=1S/C15H9ClF2N2OS/c16-11-4-2-1-3-10(11)15-19-14(20-21-15)8-22-13-6-5-9(17)7-12(13)18/h1-7H,8H2. The Morgan fingerprint density at radius 3 is 2.73 bits per heavy atom. The summed E-state index contributed by atoms with van der Waals surface area (Å²) in [5.41, 5.74) is 0.640. The fraction of sp³-hybridized carbons (Fsp3) is 0.0667. The highest BCUT2D eigenvalue weighted by Gasteiger charge is 2.13. The predicted octanol–water partition coefficient (Wildman–Crippen LogP) is 4.96. The minimum Gasteiger partial charge on any atom is -0.334 e. The second-order valence-electron chi connectivity index (χ2n) is 4.36. The molecule has 0 N–H and O–H groups in total. The Labute approximate surface area is 134 Å². The highest BCUT2D eigenvalue weighted by molar-refractivity contribution is 7.98. The van der Waals surface area contributed by atoms with Gasteiger partial charge in [0.05, 0.1) is 16.3 Å². The Balaban J connectivity index is 1.74. The molecule has 0 aliphatic heterocycles. The van der Waals surface area contributed by atoms with Crippen molar-refractivity contribution >= 4 is 23.4 Å². The number of halogens is 3. The number of aromatic nitrogens is 2. The van der Waals surface area contributed by atoms with E-state index >= 15 is 0 Å². The third-order valence-electron chi connectivity index (χ3n) is 2.82. The second-order valence-corrected chi connectivity index (χ2v) is 5.78. The molecule has 112 valence electrons. The first-order valence-electron chi connectivity index (χ1n) is 6.29. The molecule has 0 unspecified atom stereocenters. The molecule has 0 radical (unpaired) electrons. The van der Waals surface area contributed by atoms with E-state index in [1.54, 1.807) is 18.2 Å². The molecule has 0 amide bonds. The Morgan fingerprint density at radius 2 is 1.95 bits per heavy atom. The van der Waals surface area contributed by atoms with Gasteiger partial charge in [0, 0.05) is 11.0 Å². The number of hydrogen-bond acceptors (Lipinski definition) is 4. The third-order valence-corrected chi connectivity index (χ3v) is 4.20. The Bertz CT molecular complexity index is 810. The molecular weight excluding hydrogens is 330 g/mol. The molecule has 0 bridgehead atoms. The molecule has 1 heterocycles. The molecule has 2 aromatic carbocycles. The summed E-state index contributed by atoms with van der Waals surface area (Å²) in [6, 6.07) is 10.5. The predicted molar refractivity (Wildman–Crippen MR) is 80.7 cm³/mol. The summed E-state index contributed by atoms with van der Waals surface area (Å²) >= 11 is 7.22. The van der Waals surface area contributed by atoms with Crippen molar-refractivity contribution in [2.24, 2.45) is 0 Å². The smallest absolute Gasteiger partial charge is 0.259 e. The molecule has 0 aliphatic carbocycles. The highest BCUT2D eigenvalue weighted by atomic mass is 35.5. The van der Waals surface area contributed by atoms with Gasteiger partial charge >= 0.3 is 0 Å². The van der Waals surface area contributed by atoms with Crippen molar-refractivity contribution < 1.29 is 13.3 Å². The maximum Gasteiger partial charge on any atom is 0.259 e. The van der Waals surface area contributed by atoms with Gasteiger partial charge in [-0.05, 0) is 24.3 Å². The molecule has 0 saturated carbocycles. The Kier molecular flexibility index (Phi) is 4.40. The summed E-state index contributed by atoms with van der Waals surface area (Å²) in [6.45, 7) is 0. The minimum atomic E-state index is -0.611. The Morgan fingerprint density at radius 1 is 1.14 bits per heavy atom. The van der Waals surface area contributed by atoms with E-state index in [-0.39, 0.29) is 0 Å². The van der Waals surface area contributed by atoms with Crippen LogP contribution in [0.2, 0.25) is 5.02 Å². The normalized spacial score (nSPS) is 10.9. The van der Waals surface area contributed by atoms with Crippen LogP contribution in [0, 0.1) is 11.6 Å². The lowest BCUT2D eigenvalue weighted by molar-refractivity contribution is 0.425. The van der Waals surface area contributed by atoms with Crippen molar-refractivity contribution in [1.29, 1.82) is 0 Å². The number of rotatable bonds is 4. The van der Waals surface area contributed by atoms with Gasteiger partial charge in [0.1, 0.15) is 11.6 Å². The summed E-state index contributed by atoms with van der Waals surface area (Å²) in [7, 11) is 0. The third kappa shape index (κ3) is 3.28. The van der Waals surface area contributed by atoms with Gasteiger partial charge in [-0.2, -0.15) is 4.98 Å². The van der Waals surface area contributed by atoms with Crippen molar-refractivity contribution in [1.82, 2.24) is 10.1 Å². The fourth-order valence-electron chi connectivity index (χ4n) is 1.79.